The van der Waals surface area contributed by atoms with Crippen molar-refractivity contribution in [3.05, 3.63) is 27.8 Å². The molecule has 138 valence electrons. The molecule has 1 fully saturated rings. The summed E-state index contributed by atoms with van der Waals surface area (Å²) in [6.07, 6.45) is 2.43. The third-order valence-corrected chi connectivity index (χ3v) is 4.57. The first-order valence-corrected chi connectivity index (χ1v) is 8.24. The normalized spacial score (nSPS) is 20.1. The molecular formula is C17H24N2O6. The van der Waals surface area contributed by atoms with Gasteiger partial charge in [-0.3, -0.25) is 10.1 Å². The van der Waals surface area contributed by atoms with Gasteiger partial charge in [-0.2, -0.15) is 0 Å². The molecule has 0 spiro atoms. The largest absolute Gasteiger partial charge is 0.496 e. The summed E-state index contributed by atoms with van der Waals surface area (Å²) in [6, 6.07) is 3.18. The van der Waals surface area contributed by atoms with Gasteiger partial charge in [-0.15, -0.1) is 0 Å². The minimum Gasteiger partial charge on any atom is -0.496 e. The summed E-state index contributed by atoms with van der Waals surface area (Å²) < 4.78 is 15.6. The van der Waals surface area contributed by atoms with E-state index in [1.165, 1.54) is 20.3 Å². The van der Waals surface area contributed by atoms with Gasteiger partial charge in [-0.05, 0) is 45.2 Å². The molecule has 2 unspecified atom stereocenters. The number of nitro benzene ring substituents is 1. The van der Waals surface area contributed by atoms with Crippen LogP contribution in [0.2, 0.25) is 0 Å². The van der Waals surface area contributed by atoms with Crippen LogP contribution < -0.4 is 9.47 Å². The van der Waals surface area contributed by atoms with Crippen molar-refractivity contribution in [2.24, 2.45) is 0 Å². The average molecular weight is 352 g/mol. The van der Waals surface area contributed by atoms with E-state index in [1.54, 1.807) is 11.0 Å². The van der Waals surface area contributed by atoms with Crippen LogP contribution in [-0.4, -0.2) is 42.2 Å². The summed E-state index contributed by atoms with van der Waals surface area (Å²) in [5.74, 6) is 0.372. The molecule has 0 aliphatic carbocycles. The van der Waals surface area contributed by atoms with Crippen LogP contribution in [0.15, 0.2) is 12.1 Å². The van der Waals surface area contributed by atoms with Gasteiger partial charge >= 0.3 is 11.8 Å². The number of amides is 1. The topological polar surface area (TPSA) is 91.1 Å². The van der Waals surface area contributed by atoms with Gasteiger partial charge in [0.2, 0.25) is 0 Å². The molecule has 1 heterocycles. The Morgan fingerprint density at radius 2 is 1.76 bits per heavy atom. The number of hydrogen-bond acceptors (Lipinski definition) is 6. The van der Waals surface area contributed by atoms with E-state index in [-0.39, 0.29) is 41.4 Å². The Labute approximate surface area is 146 Å². The number of nitrogens with zero attached hydrogens (tertiary/aromatic N) is 2. The van der Waals surface area contributed by atoms with Crippen molar-refractivity contribution in [2.45, 2.75) is 51.8 Å². The van der Waals surface area contributed by atoms with Crippen LogP contribution in [0, 0.1) is 10.1 Å². The zero-order chi connectivity index (χ0) is 18.6. The highest BCUT2D eigenvalue weighted by Crippen LogP contribution is 2.37. The van der Waals surface area contributed by atoms with E-state index in [1.807, 2.05) is 13.8 Å². The lowest BCUT2D eigenvalue weighted by atomic mass is 9.98. The molecule has 0 radical (unpaired) electrons. The molecule has 0 saturated carbocycles. The first kappa shape index (κ1) is 18.8. The van der Waals surface area contributed by atoms with E-state index >= 15 is 0 Å². The maximum absolute atomic E-state index is 12.5. The smallest absolute Gasteiger partial charge is 0.410 e. The van der Waals surface area contributed by atoms with Gasteiger partial charge in [-0.1, -0.05) is 0 Å². The average Bonchev–Trinajstić information content (AvgIpc) is 2.58. The summed E-state index contributed by atoms with van der Waals surface area (Å²) >= 11 is 0. The van der Waals surface area contributed by atoms with Crippen LogP contribution in [0.4, 0.5) is 10.5 Å². The van der Waals surface area contributed by atoms with Crippen molar-refractivity contribution in [1.82, 2.24) is 4.90 Å². The Balaban J connectivity index is 2.24. The van der Waals surface area contributed by atoms with Crippen LogP contribution in [0.25, 0.3) is 0 Å². The van der Waals surface area contributed by atoms with E-state index in [9.17, 15) is 14.9 Å². The van der Waals surface area contributed by atoms with Crippen molar-refractivity contribution in [1.29, 1.82) is 0 Å². The predicted octanol–water partition coefficient (Wildman–Crippen LogP) is 3.51. The quantitative estimate of drug-likeness (QED) is 0.595. The van der Waals surface area contributed by atoms with E-state index in [0.29, 0.717) is 0 Å². The zero-order valence-electron chi connectivity index (χ0n) is 15.0. The molecule has 0 aromatic heterocycles. The van der Waals surface area contributed by atoms with Crippen molar-refractivity contribution < 1.29 is 23.9 Å². The Bertz CT molecular complexity index is 638. The van der Waals surface area contributed by atoms with E-state index in [4.69, 9.17) is 14.2 Å². The molecule has 8 nitrogen and oxygen atoms in total. The molecule has 1 aliphatic rings. The number of ether oxygens (including phenoxy) is 3. The zero-order valence-corrected chi connectivity index (χ0v) is 15.0. The maximum atomic E-state index is 12.5. The van der Waals surface area contributed by atoms with E-state index in [2.05, 4.69) is 0 Å². The molecule has 0 N–H and O–H groups in total. The van der Waals surface area contributed by atoms with Gasteiger partial charge in [0.25, 0.3) is 0 Å². The van der Waals surface area contributed by atoms with Crippen LogP contribution in [0.5, 0.6) is 11.5 Å². The lowest BCUT2D eigenvalue weighted by Gasteiger charge is -2.38. The SMILES string of the molecule is COc1ccc(OC)c([N+](=O)[O-])c1COC(=O)N1C(C)CCCC1C. The van der Waals surface area contributed by atoms with Crippen LogP contribution in [0.3, 0.4) is 0 Å². The lowest BCUT2D eigenvalue weighted by molar-refractivity contribution is -0.386. The third-order valence-electron chi connectivity index (χ3n) is 4.57. The lowest BCUT2D eigenvalue weighted by Crippen LogP contribution is -2.47. The predicted molar refractivity (Wildman–Crippen MR) is 91.0 cm³/mol. The fourth-order valence-electron chi connectivity index (χ4n) is 3.28. The molecule has 0 bridgehead atoms. The molecule has 25 heavy (non-hydrogen) atoms. The first-order chi connectivity index (χ1) is 11.9. The summed E-state index contributed by atoms with van der Waals surface area (Å²) in [5.41, 5.74) is -0.0769. The molecule has 1 amide bonds. The van der Waals surface area contributed by atoms with E-state index < -0.39 is 11.0 Å². The number of piperidine rings is 1. The third kappa shape index (κ3) is 3.94. The number of methoxy groups -OCH3 is 2. The monoisotopic (exact) mass is 352 g/mol. The van der Waals surface area contributed by atoms with Gasteiger partial charge < -0.3 is 19.1 Å². The van der Waals surface area contributed by atoms with Crippen LogP contribution in [0.1, 0.15) is 38.7 Å². The number of nitro groups is 1. The minimum atomic E-state index is -0.559. The maximum Gasteiger partial charge on any atom is 0.410 e. The fourth-order valence-corrected chi connectivity index (χ4v) is 3.28. The fraction of sp³-hybridized carbons (Fsp3) is 0.588. The molecule has 2 atom stereocenters. The van der Waals surface area contributed by atoms with Gasteiger partial charge in [0.15, 0.2) is 5.75 Å². The Morgan fingerprint density at radius 3 is 2.28 bits per heavy atom. The molecule has 1 aliphatic heterocycles. The molecule has 1 saturated heterocycles. The Kier molecular flexibility index (Phi) is 6.06. The summed E-state index contributed by atoms with van der Waals surface area (Å²) in [6.45, 7) is 3.70. The molecule has 1 aromatic carbocycles. The van der Waals surface area contributed by atoms with Crippen molar-refractivity contribution in [2.75, 3.05) is 14.2 Å². The number of benzene rings is 1. The highest BCUT2D eigenvalue weighted by Gasteiger charge is 2.32. The van der Waals surface area contributed by atoms with E-state index in [0.717, 1.165) is 19.3 Å². The summed E-state index contributed by atoms with van der Waals surface area (Å²) in [7, 11) is 2.76. The second-order valence-corrected chi connectivity index (χ2v) is 6.15. The van der Waals surface area contributed by atoms with Gasteiger partial charge in [0, 0.05) is 12.1 Å². The van der Waals surface area contributed by atoms with Crippen molar-refractivity contribution >= 4 is 11.8 Å². The van der Waals surface area contributed by atoms with Gasteiger partial charge in [-0.25, -0.2) is 4.79 Å². The van der Waals surface area contributed by atoms with Crippen LogP contribution >= 0.6 is 0 Å². The molecule has 2 rings (SSSR count). The second kappa shape index (κ2) is 8.04. The summed E-state index contributed by atoms with van der Waals surface area (Å²) in [5, 5.41) is 11.4. The Hall–Kier alpha value is -2.51. The number of rotatable bonds is 5. The summed E-state index contributed by atoms with van der Waals surface area (Å²) in [4.78, 5) is 25.1. The van der Waals surface area contributed by atoms with Crippen molar-refractivity contribution in [3.63, 3.8) is 0 Å². The highest BCUT2D eigenvalue weighted by atomic mass is 16.6. The number of hydrogen-bond donors (Lipinski definition) is 0. The number of likely N-dealkylation sites (tertiary alicyclic amines) is 1. The molecule has 8 heteroatoms. The minimum absolute atomic E-state index is 0.0819. The number of carbonyl (C=O) groups excluding carboxylic acids is 1. The highest BCUT2D eigenvalue weighted by molar-refractivity contribution is 5.69. The van der Waals surface area contributed by atoms with Crippen molar-refractivity contribution in [3.8, 4) is 11.5 Å². The first-order valence-electron chi connectivity index (χ1n) is 8.24. The standard InChI is InChI=1S/C17H24N2O6/c1-11-6-5-7-12(2)18(11)17(20)25-10-13-14(23-3)8-9-15(24-4)16(13)19(21)22/h8-9,11-12H,5-7,10H2,1-4H3. The van der Waals surface area contributed by atoms with Gasteiger partial charge in [0.1, 0.15) is 17.9 Å². The van der Waals surface area contributed by atoms with Crippen LogP contribution in [-0.2, 0) is 11.3 Å². The second-order valence-electron chi connectivity index (χ2n) is 6.15. The van der Waals surface area contributed by atoms with Gasteiger partial charge in [0.05, 0.1) is 19.1 Å². The number of carbonyl (C=O) groups is 1. The Morgan fingerprint density at radius 1 is 1.20 bits per heavy atom. The molecule has 1 aromatic rings. The molecular weight excluding hydrogens is 328 g/mol.